The van der Waals surface area contributed by atoms with Crippen molar-refractivity contribution in [2.24, 2.45) is 5.10 Å². The minimum Gasteiger partial charge on any atom is -0.493 e. The topological polar surface area (TPSA) is 59.9 Å². The number of nitrogens with zero attached hydrogens (tertiary/aromatic N) is 1. The second-order valence-corrected chi connectivity index (χ2v) is 5.52. The van der Waals surface area contributed by atoms with E-state index in [1.165, 1.54) is 13.3 Å². The van der Waals surface area contributed by atoms with Crippen LogP contribution < -0.4 is 14.9 Å². The van der Waals surface area contributed by atoms with Crippen LogP contribution in [0.15, 0.2) is 41.5 Å². The van der Waals surface area contributed by atoms with Crippen LogP contribution in [0.25, 0.3) is 0 Å². The van der Waals surface area contributed by atoms with Gasteiger partial charge in [-0.05, 0) is 48.9 Å². The van der Waals surface area contributed by atoms with Gasteiger partial charge in [0.15, 0.2) is 11.5 Å². The summed E-state index contributed by atoms with van der Waals surface area (Å²) in [5.41, 5.74) is 3.56. The predicted octanol–water partition coefficient (Wildman–Crippen LogP) is 4.16. The number of carbonyl (C=O) groups is 1. The highest BCUT2D eigenvalue weighted by Crippen LogP contribution is 2.35. The molecule has 7 heteroatoms. The molecule has 5 nitrogen and oxygen atoms in total. The summed E-state index contributed by atoms with van der Waals surface area (Å²) in [6.07, 6.45) is 1.47. The minimum atomic E-state index is -0.341. The summed E-state index contributed by atoms with van der Waals surface area (Å²) in [6.45, 7) is 2.33. The largest absolute Gasteiger partial charge is 0.493 e. The lowest BCUT2D eigenvalue weighted by Crippen LogP contribution is -2.17. The number of hydrogen-bond donors (Lipinski definition) is 1. The Morgan fingerprint density at radius 2 is 1.96 bits per heavy atom. The summed E-state index contributed by atoms with van der Waals surface area (Å²) in [6, 6.07) is 9.89. The molecule has 0 aliphatic carbocycles. The van der Waals surface area contributed by atoms with E-state index in [2.05, 4.69) is 10.5 Å². The molecule has 0 atom stereocenters. The van der Waals surface area contributed by atoms with Gasteiger partial charge in [-0.3, -0.25) is 4.79 Å². The van der Waals surface area contributed by atoms with Crippen LogP contribution in [0.5, 0.6) is 11.5 Å². The maximum absolute atomic E-state index is 11.9. The van der Waals surface area contributed by atoms with Gasteiger partial charge in [0.25, 0.3) is 5.91 Å². The second kappa shape index (κ2) is 8.57. The Hall–Kier alpha value is -2.24. The Balaban J connectivity index is 2.10. The molecule has 1 N–H and O–H groups in total. The van der Waals surface area contributed by atoms with Gasteiger partial charge in [-0.1, -0.05) is 23.2 Å². The van der Waals surface area contributed by atoms with Gasteiger partial charge >= 0.3 is 0 Å². The molecule has 2 aromatic rings. The average Bonchev–Trinajstić information content (AvgIpc) is 2.57. The minimum absolute atomic E-state index is 0.341. The lowest BCUT2D eigenvalue weighted by Gasteiger charge is -2.11. The van der Waals surface area contributed by atoms with Crippen LogP contribution in [0.2, 0.25) is 10.0 Å². The zero-order chi connectivity index (χ0) is 17.5. The predicted molar refractivity (Wildman–Crippen MR) is 95.7 cm³/mol. The second-order valence-electron chi connectivity index (χ2n) is 4.67. The summed E-state index contributed by atoms with van der Waals surface area (Å²) in [4.78, 5) is 11.9. The number of nitrogens with one attached hydrogen (secondary N) is 1. The third-order valence-electron chi connectivity index (χ3n) is 3.03. The number of carbonyl (C=O) groups excluding carboxylic acids is 1. The maximum Gasteiger partial charge on any atom is 0.271 e. The zero-order valence-electron chi connectivity index (χ0n) is 13.2. The first-order valence-corrected chi connectivity index (χ1v) is 7.90. The average molecular weight is 367 g/mol. The number of benzene rings is 2. The van der Waals surface area contributed by atoms with Crippen LogP contribution in [0.1, 0.15) is 22.8 Å². The molecule has 0 aromatic heterocycles. The van der Waals surface area contributed by atoms with E-state index in [-0.39, 0.29) is 5.91 Å². The van der Waals surface area contributed by atoms with Crippen LogP contribution in [0.3, 0.4) is 0 Å². The van der Waals surface area contributed by atoms with E-state index in [1.54, 1.807) is 36.4 Å². The van der Waals surface area contributed by atoms with Gasteiger partial charge in [-0.2, -0.15) is 5.10 Å². The molecule has 1 amide bonds. The summed E-state index contributed by atoms with van der Waals surface area (Å²) in [5, 5.41) is 4.89. The number of ether oxygens (including phenoxy) is 2. The Morgan fingerprint density at radius 3 is 2.58 bits per heavy atom. The summed E-state index contributed by atoms with van der Waals surface area (Å²) in [7, 11) is 1.53. The number of hydrogen-bond acceptors (Lipinski definition) is 4. The van der Waals surface area contributed by atoms with Crippen molar-refractivity contribution in [2.45, 2.75) is 6.92 Å². The highest BCUT2D eigenvalue weighted by atomic mass is 35.5. The molecule has 0 saturated heterocycles. The molecule has 0 heterocycles. The number of methoxy groups -OCH3 is 1. The molecule has 126 valence electrons. The van der Waals surface area contributed by atoms with E-state index in [0.29, 0.717) is 39.3 Å². The van der Waals surface area contributed by atoms with Gasteiger partial charge in [0.2, 0.25) is 0 Å². The Bertz CT molecular complexity index is 746. The van der Waals surface area contributed by atoms with Gasteiger partial charge in [0.1, 0.15) is 0 Å². The maximum atomic E-state index is 11.9. The molecule has 2 aromatic carbocycles. The molecule has 0 saturated carbocycles. The van der Waals surface area contributed by atoms with Gasteiger partial charge in [-0.25, -0.2) is 5.43 Å². The van der Waals surface area contributed by atoms with Gasteiger partial charge in [-0.15, -0.1) is 0 Å². The van der Waals surface area contributed by atoms with E-state index in [0.717, 1.165) is 0 Å². The smallest absolute Gasteiger partial charge is 0.271 e. The lowest BCUT2D eigenvalue weighted by atomic mass is 10.2. The zero-order valence-corrected chi connectivity index (χ0v) is 14.7. The molecule has 0 aliphatic rings. The molecule has 0 bridgehead atoms. The van der Waals surface area contributed by atoms with Crippen molar-refractivity contribution in [3.63, 3.8) is 0 Å². The lowest BCUT2D eigenvalue weighted by molar-refractivity contribution is 0.0955. The Kier molecular flexibility index (Phi) is 6.46. The highest BCUT2D eigenvalue weighted by molar-refractivity contribution is 6.32. The third kappa shape index (κ3) is 4.63. The van der Waals surface area contributed by atoms with Gasteiger partial charge in [0, 0.05) is 10.6 Å². The van der Waals surface area contributed by atoms with E-state index in [1.807, 2.05) is 6.92 Å². The molecular formula is C17H16Cl2N2O3. The molecule has 0 unspecified atom stereocenters. The SMILES string of the molecule is CCOc1c(Cl)cc(/C=N\NC(=O)c2ccc(Cl)cc2)cc1OC. The molecule has 2 rings (SSSR count). The van der Waals surface area contributed by atoms with Crippen molar-refractivity contribution < 1.29 is 14.3 Å². The van der Waals surface area contributed by atoms with Crippen molar-refractivity contribution in [2.75, 3.05) is 13.7 Å². The summed E-state index contributed by atoms with van der Waals surface area (Å²) >= 11 is 12.0. The molecule has 0 spiro atoms. The van der Waals surface area contributed by atoms with Gasteiger partial charge < -0.3 is 9.47 Å². The number of rotatable bonds is 6. The number of halogens is 2. The third-order valence-corrected chi connectivity index (χ3v) is 3.56. The van der Waals surface area contributed by atoms with Crippen molar-refractivity contribution >= 4 is 35.3 Å². The van der Waals surface area contributed by atoms with Crippen molar-refractivity contribution in [3.8, 4) is 11.5 Å². The fraction of sp³-hybridized carbons (Fsp3) is 0.176. The van der Waals surface area contributed by atoms with Gasteiger partial charge in [0.05, 0.1) is 25.0 Å². The molecule has 0 aliphatic heterocycles. The Labute approximate surface area is 150 Å². The number of hydrazone groups is 1. The molecule has 0 fully saturated rings. The van der Waals surface area contributed by atoms with E-state index in [4.69, 9.17) is 32.7 Å². The van der Waals surface area contributed by atoms with Crippen molar-refractivity contribution in [1.29, 1.82) is 0 Å². The highest BCUT2D eigenvalue weighted by Gasteiger charge is 2.11. The normalized spacial score (nSPS) is 10.7. The first-order chi connectivity index (χ1) is 11.5. The fourth-order valence-corrected chi connectivity index (χ4v) is 2.33. The van der Waals surface area contributed by atoms with Crippen LogP contribution in [0, 0.1) is 0 Å². The van der Waals surface area contributed by atoms with Crippen LogP contribution >= 0.6 is 23.2 Å². The Morgan fingerprint density at radius 1 is 1.25 bits per heavy atom. The standard InChI is InChI=1S/C17H16Cl2N2O3/c1-3-24-16-14(19)8-11(9-15(16)23-2)10-20-21-17(22)12-4-6-13(18)7-5-12/h4-10H,3H2,1-2H3,(H,21,22)/b20-10-. The summed E-state index contributed by atoms with van der Waals surface area (Å²) in [5.74, 6) is 0.630. The summed E-state index contributed by atoms with van der Waals surface area (Å²) < 4.78 is 10.7. The quantitative estimate of drug-likeness (QED) is 0.616. The van der Waals surface area contributed by atoms with Crippen LogP contribution in [-0.2, 0) is 0 Å². The van der Waals surface area contributed by atoms with Crippen LogP contribution in [0.4, 0.5) is 0 Å². The monoisotopic (exact) mass is 366 g/mol. The van der Waals surface area contributed by atoms with E-state index >= 15 is 0 Å². The first-order valence-electron chi connectivity index (χ1n) is 7.14. The van der Waals surface area contributed by atoms with Crippen molar-refractivity contribution in [1.82, 2.24) is 5.43 Å². The molecular weight excluding hydrogens is 351 g/mol. The van der Waals surface area contributed by atoms with Crippen LogP contribution in [-0.4, -0.2) is 25.8 Å². The van der Waals surface area contributed by atoms with E-state index < -0.39 is 0 Å². The molecule has 0 radical (unpaired) electrons. The number of amides is 1. The van der Waals surface area contributed by atoms with Crippen molar-refractivity contribution in [3.05, 3.63) is 57.6 Å². The van der Waals surface area contributed by atoms with E-state index in [9.17, 15) is 4.79 Å². The first kappa shape index (κ1) is 18.1. The fourth-order valence-electron chi connectivity index (χ4n) is 1.93. The molecule has 24 heavy (non-hydrogen) atoms.